The van der Waals surface area contributed by atoms with Crippen LogP contribution in [0.5, 0.6) is 11.5 Å². The van der Waals surface area contributed by atoms with Crippen LogP contribution >= 0.6 is 22.7 Å². The number of hydrogen-bond donors (Lipinski definition) is 4. The summed E-state index contributed by atoms with van der Waals surface area (Å²) in [5.41, 5.74) is 4.66. The number of nitrogens with zero attached hydrogens (tertiary/aromatic N) is 4. The number of likely N-dealkylation sites (tertiary alicyclic amines) is 2. The number of alkyl carbamates (subject to hydrolysis) is 2. The van der Waals surface area contributed by atoms with Crippen LogP contribution in [0.15, 0.2) is 83.8 Å². The van der Waals surface area contributed by atoms with Gasteiger partial charge in [-0.25, -0.2) is 19.6 Å². The monoisotopic (exact) mass is 966 g/mol. The first-order chi connectivity index (χ1) is 33.2. The van der Waals surface area contributed by atoms with Crippen LogP contribution in [0, 0.1) is 0 Å². The van der Waals surface area contributed by atoms with Crippen molar-refractivity contribution in [2.75, 3.05) is 68.0 Å². The van der Waals surface area contributed by atoms with Crippen molar-refractivity contribution in [1.29, 1.82) is 0 Å². The lowest BCUT2D eigenvalue weighted by molar-refractivity contribution is -0.135. The van der Waals surface area contributed by atoms with E-state index in [2.05, 4.69) is 20.6 Å². The molecule has 0 radical (unpaired) electrons. The van der Waals surface area contributed by atoms with E-state index in [0.717, 1.165) is 46.5 Å². The Kier molecular flexibility index (Phi) is 15.7. The average molecular weight is 967 g/mol. The summed E-state index contributed by atoms with van der Waals surface area (Å²) in [4.78, 5) is 74.1. The summed E-state index contributed by atoms with van der Waals surface area (Å²) in [6, 6.07) is 16.8. The Labute approximate surface area is 401 Å². The van der Waals surface area contributed by atoms with Gasteiger partial charge in [0.15, 0.2) is 11.5 Å². The molecule has 4 aromatic heterocycles. The van der Waals surface area contributed by atoms with Gasteiger partial charge in [0.25, 0.3) is 11.8 Å². The Morgan fingerprint density at radius 3 is 1.59 bits per heavy atom. The van der Waals surface area contributed by atoms with E-state index in [1.807, 2.05) is 71.4 Å². The highest BCUT2D eigenvalue weighted by Gasteiger charge is 2.39. The molecule has 0 saturated carbocycles. The molecule has 68 heavy (non-hydrogen) atoms. The minimum atomic E-state index is -0.905. The van der Waals surface area contributed by atoms with Gasteiger partial charge in [0, 0.05) is 48.2 Å². The van der Waals surface area contributed by atoms with Gasteiger partial charge in [-0.2, -0.15) is 0 Å². The summed E-state index contributed by atoms with van der Waals surface area (Å²) >= 11 is 2.78. The molecule has 358 valence electrons. The lowest BCUT2D eigenvalue weighted by Crippen LogP contribution is -2.42. The molecular formula is C48H54N8O10S2. The van der Waals surface area contributed by atoms with E-state index in [0.29, 0.717) is 72.0 Å². The van der Waals surface area contributed by atoms with Crippen molar-refractivity contribution in [2.24, 2.45) is 0 Å². The third-order valence-corrected chi connectivity index (χ3v) is 13.8. The summed E-state index contributed by atoms with van der Waals surface area (Å²) in [6.07, 6.45) is 5.07. The highest BCUT2D eigenvalue weighted by molar-refractivity contribution is 7.10. The molecule has 0 aliphatic carbocycles. The maximum atomic E-state index is 14.1. The fourth-order valence-electron chi connectivity index (χ4n) is 8.60. The average Bonchev–Trinajstić information content (AvgIpc) is 4.22. The van der Waals surface area contributed by atoms with Crippen LogP contribution < -0.4 is 20.1 Å². The fourth-order valence-corrected chi connectivity index (χ4v) is 10.1. The van der Waals surface area contributed by atoms with Gasteiger partial charge >= 0.3 is 12.2 Å². The van der Waals surface area contributed by atoms with E-state index in [1.54, 1.807) is 36.4 Å². The van der Waals surface area contributed by atoms with Gasteiger partial charge in [-0.3, -0.25) is 9.59 Å². The molecule has 2 saturated heterocycles. The number of carbonyl (C=O) groups excluding carboxylic acids is 4. The van der Waals surface area contributed by atoms with Gasteiger partial charge in [-0.1, -0.05) is 36.4 Å². The smallest absolute Gasteiger partial charge is 0.407 e. The van der Waals surface area contributed by atoms with Gasteiger partial charge in [0.2, 0.25) is 0 Å². The largest absolute Gasteiger partial charge is 0.487 e. The predicted molar refractivity (Wildman–Crippen MR) is 254 cm³/mol. The molecule has 18 nitrogen and oxygen atoms in total. The van der Waals surface area contributed by atoms with Crippen LogP contribution in [0.4, 0.5) is 9.59 Å². The molecule has 4 N–H and O–H groups in total. The van der Waals surface area contributed by atoms with E-state index in [1.165, 1.54) is 36.9 Å². The second kappa shape index (κ2) is 22.4. The molecule has 0 bridgehead atoms. The Morgan fingerprint density at radius 1 is 0.632 bits per heavy atom. The van der Waals surface area contributed by atoms with Gasteiger partial charge in [-0.05, 0) is 71.8 Å². The van der Waals surface area contributed by atoms with Crippen LogP contribution in [-0.4, -0.2) is 122 Å². The number of ether oxygens (including phenoxy) is 6. The van der Waals surface area contributed by atoms with Gasteiger partial charge in [-0.15, -0.1) is 22.7 Å². The summed E-state index contributed by atoms with van der Waals surface area (Å²) in [5.74, 6) is 1.77. The number of aromatic amines is 2. The summed E-state index contributed by atoms with van der Waals surface area (Å²) < 4.78 is 33.4. The molecule has 0 unspecified atom stereocenters. The SMILES string of the molecule is COCCOc1c(-c2ccc(-c3cnc([C@@H]4CCCN4C(=O)[C@H](NC(=O)OC)c4cccs4)[nH]3)cc2)ccc(-c2cnc([C@@H]3CCCN3C(=O)[C@H](NC(=O)OC)c3cccs3)[nH]2)c1OCCOC. The molecule has 0 spiro atoms. The summed E-state index contributed by atoms with van der Waals surface area (Å²) in [5, 5.41) is 9.16. The first kappa shape index (κ1) is 47.7. The fraction of sp³-hybridized carbons (Fsp3) is 0.375. The molecule has 2 fully saturated rings. The lowest BCUT2D eigenvalue weighted by atomic mass is 9.98. The van der Waals surface area contributed by atoms with Crippen LogP contribution in [0.1, 0.15) is 71.3 Å². The van der Waals surface area contributed by atoms with Crippen molar-refractivity contribution in [3.8, 4) is 45.1 Å². The molecule has 20 heteroatoms. The Morgan fingerprint density at radius 2 is 1.10 bits per heavy atom. The Hall–Kier alpha value is -6.74. The number of carbonyl (C=O) groups is 4. The lowest BCUT2D eigenvalue weighted by Gasteiger charge is -2.27. The van der Waals surface area contributed by atoms with Crippen molar-refractivity contribution in [1.82, 2.24) is 40.4 Å². The van der Waals surface area contributed by atoms with E-state index in [4.69, 9.17) is 38.4 Å². The van der Waals surface area contributed by atoms with Gasteiger partial charge < -0.3 is 58.8 Å². The second-order valence-electron chi connectivity index (χ2n) is 16.0. The van der Waals surface area contributed by atoms with Crippen LogP contribution in [0.2, 0.25) is 0 Å². The number of imidazole rings is 2. The van der Waals surface area contributed by atoms with Crippen molar-refractivity contribution in [3.05, 3.63) is 105 Å². The van der Waals surface area contributed by atoms with Crippen LogP contribution in [0.25, 0.3) is 33.6 Å². The van der Waals surface area contributed by atoms with E-state index >= 15 is 0 Å². The number of hydrogen-bond acceptors (Lipinski definition) is 14. The predicted octanol–water partition coefficient (Wildman–Crippen LogP) is 7.83. The number of methoxy groups -OCH3 is 4. The number of amides is 4. The van der Waals surface area contributed by atoms with E-state index in [9.17, 15) is 19.2 Å². The Balaban J connectivity index is 1.06. The molecule has 2 aliphatic rings. The minimum Gasteiger partial charge on any atom is -0.487 e. The number of aromatic nitrogens is 4. The highest BCUT2D eigenvalue weighted by Crippen LogP contribution is 2.46. The highest BCUT2D eigenvalue weighted by atomic mass is 32.1. The van der Waals surface area contributed by atoms with Crippen LogP contribution in [-0.2, 0) is 28.5 Å². The maximum absolute atomic E-state index is 14.1. The third-order valence-electron chi connectivity index (χ3n) is 11.9. The number of benzene rings is 2. The number of thiophene rings is 2. The summed E-state index contributed by atoms with van der Waals surface area (Å²) in [6.45, 7) is 2.16. The van der Waals surface area contributed by atoms with E-state index < -0.39 is 24.3 Å². The van der Waals surface area contributed by atoms with Crippen molar-refractivity contribution in [3.63, 3.8) is 0 Å². The van der Waals surface area contributed by atoms with E-state index in [-0.39, 0.29) is 37.1 Å². The number of nitrogens with one attached hydrogen (secondary N) is 4. The topological polar surface area (TPSA) is 212 Å². The zero-order valence-corrected chi connectivity index (χ0v) is 39.8. The molecule has 8 rings (SSSR count). The molecule has 6 heterocycles. The molecule has 4 amide bonds. The first-order valence-corrected chi connectivity index (χ1v) is 24.0. The Bertz CT molecular complexity index is 2640. The standard InChI is InChI=1S/C48H54N8O10S2/c1-61-21-23-65-41-31(29-13-15-30(16-14-29)33-27-49-43(51-33)35-9-5-19-55(35)45(57)39(53-47(59)63-3)37-11-7-25-67-37)17-18-32(42(41)66-24-22-62-2)34-28-50-44(52-34)36-10-6-20-56(36)46(58)40(54-48(60)64-4)38-12-8-26-68-38/h7-8,11-18,25-28,35-36,39-40H,5-6,9-10,19-24H2,1-4H3,(H,49,51)(H,50,52)(H,53,59)(H,54,60)/t35-,36-,39+,40+/m0/s1. The maximum Gasteiger partial charge on any atom is 0.407 e. The molecule has 2 aromatic carbocycles. The quantitative estimate of drug-likeness (QED) is 0.0573. The van der Waals surface area contributed by atoms with Gasteiger partial charge in [0.1, 0.15) is 36.9 Å². The minimum absolute atomic E-state index is 0.224. The van der Waals surface area contributed by atoms with Crippen molar-refractivity contribution >= 4 is 46.7 Å². The second-order valence-corrected chi connectivity index (χ2v) is 17.9. The molecule has 2 aliphatic heterocycles. The molecule has 6 aromatic rings. The normalized spacial score (nSPS) is 16.6. The first-order valence-electron chi connectivity index (χ1n) is 22.2. The number of rotatable bonds is 19. The molecular weight excluding hydrogens is 913 g/mol. The van der Waals surface area contributed by atoms with Crippen molar-refractivity contribution in [2.45, 2.75) is 49.9 Å². The summed E-state index contributed by atoms with van der Waals surface area (Å²) in [7, 11) is 5.76. The third kappa shape index (κ3) is 10.5. The zero-order valence-electron chi connectivity index (χ0n) is 38.2. The van der Waals surface area contributed by atoms with Crippen LogP contribution in [0.3, 0.4) is 0 Å². The zero-order chi connectivity index (χ0) is 47.6. The van der Waals surface area contributed by atoms with Gasteiger partial charge in [0.05, 0.1) is 63.3 Å². The number of H-pyrrole nitrogens is 2. The molecule has 4 atom stereocenters. The van der Waals surface area contributed by atoms with Crippen molar-refractivity contribution < 1.29 is 47.6 Å².